The molecule has 0 radical (unpaired) electrons. The fraction of sp³-hybridized carbons (Fsp3) is 0.562. The lowest BCUT2D eigenvalue weighted by Crippen LogP contribution is -2.27. The Balaban J connectivity index is 2.09. The largest absolute Gasteiger partial charge is 0.393 e. The molecule has 1 aliphatic heterocycles. The molecule has 2 rings (SSSR count). The number of aliphatic hydroxyl groups excluding tert-OH is 1. The summed E-state index contributed by atoms with van der Waals surface area (Å²) in [6.07, 6.45) is 2.71. The van der Waals surface area contributed by atoms with Gasteiger partial charge in [-0.3, -0.25) is 14.9 Å². The predicted molar refractivity (Wildman–Crippen MR) is 87.8 cm³/mol. The third kappa shape index (κ3) is 4.41. The molecule has 23 heavy (non-hydrogen) atoms. The Labute approximate surface area is 135 Å². The van der Waals surface area contributed by atoms with Crippen LogP contribution in [0.2, 0.25) is 0 Å². The topological polar surface area (TPSA) is 95.7 Å². The minimum atomic E-state index is -0.442. The first-order chi connectivity index (χ1) is 11.0. The van der Waals surface area contributed by atoms with Crippen LogP contribution in [0.1, 0.15) is 43.0 Å². The number of hydrogen-bond acceptors (Lipinski definition) is 5. The van der Waals surface area contributed by atoms with Crippen molar-refractivity contribution in [2.24, 2.45) is 0 Å². The van der Waals surface area contributed by atoms with E-state index in [-0.39, 0.29) is 17.2 Å². The monoisotopic (exact) mass is 321 g/mol. The van der Waals surface area contributed by atoms with Gasteiger partial charge in [0.2, 0.25) is 0 Å². The number of amides is 1. The molecule has 1 aromatic rings. The van der Waals surface area contributed by atoms with Crippen molar-refractivity contribution in [3.63, 3.8) is 0 Å². The third-order valence-electron chi connectivity index (χ3n) is 4.12. The number of hydrogen-bond donors (Lipinski definition) is 2. The van der Waals surface area contributed by atoms with Crippen molar-refractivity contribution in [3.05, 3.63) is 33.9 Å². The Morgan fingerprint density at radius 1 is 1.43 bits per heavy atom. The maximum Gasteiger partial charge on any atom is 0.293 e. The molecule has 0 spiro atoms. The number of nitro benzene ring substituents is 1. The van der Waals surface area contributed by atoms with Crippen molar-refractivity contribution in [3.8, 4) is 0 Å². The number of rotatable bonds is 7. The van der Waals surface area contributed by atoms with E-state index < -0.39 is 11.0 Å². The molecule has 7 nitrogen and oxygen atoms in total. The molecule has 0 bridgehead atoms. The van der Waals surface area contributed by atoms with E-state index in [0.717, 1.165) is 25.9 Å². The molecular formula is C16H23N3O4. The first-order valence-corrected chi connectivity index (χ1v) is 8.02. The summed E-state index contributed by atoms with van der Waals surface area (Å²) >= 11 is 0. The SMILES string of the molecule is CCC(O)CCNC(=O)c1ccc(N2CCCC2)c([N+](=O)[O-])c1. The summed E-state index contributed by atoms with van der Waals surface area (Å²) < 4.78 is 0. The Bertz CT molecular complexity index is 570. The van der Waals surface area contributed by atoms with Gasteiger partial charge in [0, 0.05) is 31.3 Å². The number of carbonyl (C=O) groups is 1. The molecule has 2 N–H and O–H groups in total. The van der Waals surface area contributed by atoms with Gasteiger partial charge in [-0.25, -0.2) is 0 Å². The number of benzene rings is 1. The van der Waals surface area contributed by atoms with Crippen LogP contribution in [0.15, 0.2) is 18.2 Å². The molecule has 0 aromatic heterocycles. The van der Waals surface area contributed by atoms with Gasteiger partial charge in [-0.15, -0.1) is 0 Å². The van der Waals surface area contributed by atoms with Gasteiger partial charge in [0.1, 0.15) is 5.69 Å². The Morgan fingerprint density at radius 2 is 2.13 bits per heavy atom. The summed E-state index contributed by atoms with van der Waals surface area (Å²) in [5, 5.41) is 23.5. The highest BCUT2D eigenvalue weighted by atomic mass is 16.6. The molecule has 1 aliphatic rings. The molecular weight excluding hydrogens is 298 g/mol. The second-order valence-corrected chi connectivity index (χ2v) is 5.76. The normalized spacial score (nSPS) is 15.5. The summed E-state index contributed by atoms with van der Waals surface area (Å²) in [7, 11) is 0. The lowest BCUT2D eigenvalue weighted by molar-refractivity contribution is -0.384. The van der Waals surface area contributed by atoms with Crippen LogP contribution in [0.3, 0.4) is 0 Å². The van der Waals surface area contributed by atoms with E-state index in [9.17, 15) is 20.0 Å². The van der Waals surface area contributed by atoms with Crippen LogP contribution >= 0.6 is 0 Å². The van der Waals surface area contributed by atoms with Crippen LogP contribution < -0.4 is 10.2 Å². The van der Waals surface area contributed by atoms with E-state index in [2.05, 4.69) is 5.32 Å². The fourth-order valence-electron chi connectivity index (χ4n) is 2.69. The summed E-state index contributed by atoms with van der Waals surface area (Å²) in [4.78, 5) is 24.9. The van der Waals surface area contributed by atoms with Gasteiger partial charge >= 0.3 is 0 Å². The summed E-state index contributed by atoms with van der Waals surface area (Å²) in [5.74, 6) is -0.357. The van der Waals surface area contributed by atoms with Crippen LogP contribution in [0, 0.1) is 10.1 Å². The maximum atomic E-state index is 12.1. The van der Waals surface area contributed by atoms with E-state index in [1.54, 1.807) is 12.1 Å². The summed E-state index contributed by atoms with van der Waals surface area (Å²) in [5.41, 5.74) is 0.809. The molecule has 1 amide bonds. The number of anilines is 1. The van der Waals surface area contributed by atoms with E-state index in [1.165, 1.54) is 6.07 Å². The molecule has 7 heteroatoms. The number of aliphatic hydroxyl groups is 1. The minimum Gasteiger partial charge on any atom is -0.393 e. The van der Waals surface area contributed by atoms with E-state index >= 15 is 0 Å². The lowest BCUT2D eigenvalue weighted by atomic mass is 10.1. The van der Waals surface area contributed by atoms with Gasteiger partial charge in [-0.05, 0) is 37.8 Å². The van der Waals surface area contributed by atoms with E-state index in [0.29, 0.717) is 25.1 Å². The van der Waals surface area contributed by atoms with Gasteiger partial charge in [-0.1, -0.05) is 6.92 Å². The average Bonchev–Trinajstić information content (AvgIpc) is 3.08. The quantitative estimate of drug-likeness (QED) is 0.592. The number of nitrogens with one attached hydrogen (secondary N) is 1. The number of nitrogens with zero attached hydrogens (tertiary/aromatic N) is 2. The van der Waals surface area contributed by atoms with E-state index in [4.69, 9.17) is 0 Å². The summed E-state index contributed by atoms with van der Waals surface area (Å²) in [6, 6.07) is 4.60. The van der Waals surface area contributed by atoms with Gasteiger partial charge in [0.05, 0.1) is 11.0 Å². The Morgan fingerprint density at radius 3 is 2.74 bits per heavy atom. The van der Waals surface area contributed by atoms with Gasteiger partial charge in [0.15, 0.2) is 0 Å². The average molecular weight is 321 g/mol. The second kappa shape index (κ2) is 7.92. The summed E-state index contributed by atoms with van der Waals surface area (Å²) in [6.45, 7) is 3.82. The van der Waals surface area contributed by atoms with Crippen molar-refractivity contribution in [2.75, 3.05) is 24.5 Å². The van der Waals surface area contributed by atoms with Crippen LogP contribution in [-0.4, -0.2) is 41.7 Å². The highest BCUT2D eigenvalue weighted by Crippen LogP contribution is 2.31. The zero-order chi connectivity index (χ0) is 16.8. The molecule has 126 valence electrons. The molecule has 1 fully saturated rings. The highest BCUT2D eigenvalue weighted by molar-refractivity contribution is 5.95. The lowest BCUT2D eigenvalue weighted by Gasteiger charge is -2.17. The van der Waals surface area contributed by atoms with Crippen molar-refractivity contribution in [2.45, 2.75) is 38.7 Å². The maximum absolute atomic E-state index is 12.1. The second-order valence-electron chi connectivity index (χ2n) is 5.76. The molecule has 1 aromatic carbocycles. The fourth-order valence-corrected chi connectivity index (χ4v) is 2.69. The Kier molecular flexibility index (Phi) is 5.92. The van der Waals surface area contributed by atoms with Crippen LogP contribution in [0.25, 0.3) is 0 Å². The smallest absolute Gasteiger partial charge is 0.293 e. The van der Waals surface area contributed by atoms with Crippen LogP contribution in [0.4, 0.5) is 11.4 Å². The molecule has 1 atom stereocenters. The van der Waals surface area contributed by atoms with Crippen molar-refractivity contribution < 1.29 is 14.8 Å². The number of nitro groups is 1. The first kappa shape index (κ1) is 17.2. The molecule has 1 heterocycles. The van der Waals surface area contributed by atoms with Crippen LogP contribution in [0.5, 0.6) is 0 Å². The predicted octanol–water partition coefficient (Wildman–Crippen LogP) is 2.09. The van der Waals surface area contributed by atoms with Crippen LogP contribution in [-0.2, 0) is 0 Å². The zero-order valence-corrected chi connectivity index (χ0v) is 13.3. The number of carbonyl (C=O) groups excluding carboxylic acids is 1. The van der Waals surface area contributed by atoms with Crippen molar-refractivity contribution in [1.29, 1.82) is 0 Å². The van der Waals surface area contributed by atoms with Gasteiger partial charge in [0.25, 0.3) is 11.6 Å². The van der Waals surface area contributed by atoms with E-state index in [1.807, 2.05) is 11.8 Å². The van der Waals surface area contributed by atoms with Crippen molar-refractivity contribution in [1.82, 2.24) is 5.32 Å². The first-order valence-electron chi connectivity index (χ1n) is 8.02. The van der Waals surface area contributed by atoms with Crippen molar-refractivity contribution >= 4 is 17.3 Å². The highest BCUT2D eigenvalue weighted by Gasteiger charge is 2.23. The Hall–Kier alpha value is -2.15. The third-order valence-corrected chi connectivity index (χ3v) is 4.12. The molecule has 0 aliphatic carbocycles. The molecule has 1 saturated heterocycles. The standard InChI is InChI=1S/C16H23N3O4/c1-2-13(20)7-8-17-16(21)12-5-6-14(15(11-12)19(22)23)18-9-3-4-10-18/h5-6,11,13,20H,2-4,7-10H2,1H3,(H,17,21). The van der Waals surface area contributed by atoms with Gasteiger partial charge < -0.3 is 15.3 Å². The molecule has 1 unspecified atom stereocenters. The minimum absolute atomic E-state index is 0.0341. The molecule has 0 saturated carbocycles. The van der Waals surface area contributed by atoms with Gasteiger partial charge in [-0.2, -0.15) is 0 Å². The zero-order valence-electron chi connectivity index (χ0n) is 13.3.